The fourth-order valence-electron chi connectivity index (χ4n) is 2.69. The van der Waals surface area contributed by atoms with Gasteiger partial charge in [-0.25, -0.2) is 0 Å². The van der Waals surface area contributed by atoms with Gasteiger partial charge in [0.25, 0.3) is 0 Å². The van der Waals surface area contributed by atoms with Crippen LogP contribution in [-0.4, -0.2) is 28.1 Å². The van der Waals surface area contributed by atoms with E-state index in [0.29, 0.717) is 22.3 Å². The second-order valence-electron chi connectivity index (χ2n) is 5.31. The Hall–Kier alpha value is -1.90. The van der Waals surface area contributed by atoms with Gasteiger partial charge in [-0.05, 0) is 37.6 Å². The van der Waals surface area contributed by atoms with Crippen molar-refractivity contribution < 1.29 is 4.52 Å². The lowest BCUT2D eigenvalue weighted by molar-refractivity contribution is 0.308. The smallest absolute Gasteiger partial charge is 0.231 e. The van der Waals surface area contributed by atoms with Gasteiger partial charge in [-0.2, -0.15) is 10.2 Å². The zero-order valence-electron chi connectivity index (χ0n) is 11.7. The lowest BCUT2D eigenvalue weighted by Gasteiger charge is -2.16. The van der Waals surface area contributed by atoms with Crippen LogP contribution in [0.4, 0.5) is 0 Å². The molecule has 5 nitrogen and oxygen atoms in total. The van der Waals surface area contributed by atoms with Gasteiger partial charge in [-0.1, -0.05) is 22.8 Å². The molecule has 108 valence electrons. The van der Waals surface area contributed by atoms with Gasteiger partial charge in [0.2, 0.25) is 5.89 Å². The standard InChI is InChI=1S/C15H15ClN4O/c1-10-18-15(21-19-10)12-4-5-20(9-12)8-11-2-3-14(16)6-13(11)7-17/h2-3,6,12H,4-5,8-9H2,1H3/t12-/m0/s1. The van der Waals surface area contributed by atoms with Crippen LogP contribution in [0.25, 0.3) is 0 Å². The van der Waals surface area contributed by atoms with E-state index >= 15 is 0 Å². The highest BCUT2D eigenvalue weighted by molar-refractivity contribution is 6.30. The fourth-order valence-corrected chi connectivity index (χ4v) is 2.86. The molecule has 0 saturated carbocycles. The molecule has 1 atom stereocenters. The summed E-state index contributed by atoms with van der Waals surface area (Å²) in [6.07, 6.45) is 0.997. The van der Waals surface area contributed by atoms with Crippen LogP contribution >= 0.6 is 11.6 Å². The second kappa shape index (κ2) is 5.84. The topological polar surface area (TPSA) is 66.0 Å². The first-order chi connectivity index (χ1) is 10.2. The second-order valence-corrected chi connectivity index (χ2v) is 5.75. The van der Waals surface area contributed by atoms with Crippen molar-refractivity contribution in [3.63, 3.8) is 0 Å². The van der Waals surface area contributed by atoms with Crippen LogP contribution in [0.1, 0.15) is 35.2 Å². The monoisotopic (exact) mass is 302 g/mol. The first kappa shape index (κ1) is 14.1. The molecule has 0 aliphatic carbocycles. The first-order valence-corrected chi connectivity index (χ1v) is 7.24. The summed E-state index contributed by atoms with van der Waals surface area (Å²) >= 11 is 5.93. The van der Waals surface area contributed by atoms with Gasteiger partial charge >= 0.3 is 0 Å². The van der Waals surface area contributed by atoms with Gasteiger partial charge in [0, 0.05) is 18.1 Å². The van der Waals surface area contributed by atoms with E-state index in [4.69, 9.17) is 16.1 Å². The van der Waals surface area contributed by atoms with Crippen LogP contribution < -0.4 is 0 Å². The SMILES string of the molecule is Cc1noc([C@H]2CCN(Cc3ccc(Cl)cc3C#N)C2)n1. The summed E-state index contributed by atoms with van der Waals surface area (Å²) in [5.41, 5.74) is 1.64. The molecular formula is C15H15ClN4O. The summed E-state index contributed by atoms with van der Waals surface area (Å²) in [6.45, 7) is 4.39. The molecule has 0 amide bonds. The van der Waals surface area contributed by atoms with Gasteiger partial charge in [0.05, 0.1) is 17.6 Å². The number of hydrogen-bond acceptors (Lipinski definition) is 5. The van der Waals surface area contributed by atoms with Gasteiger partial charge in [0.1, 0.15) is 0 Å². The van der Waals surface area contributed by atoms with E-state index in [2.05, 4.69) is 21.1 Å². The number of likely N-dealkylation sites (tertiary alicyclic amines) is 1. The number of aromatic nitrogens is 2. The molecule has 6 heteroatoms. The number of rotatable bonds is 3. The highest BCUT2D eigenvalue weighted by Crippen LogP contribution is 2.27. The van der Waals surface area contributed by atoms with E-state index in [0.717, 1.165) is 31.6 Å². The molecule has 0 unspecified atom stereocenters. The van der Waals surface area contributed by atoms with E-state index in [-0.39, 0.29) is 5.92 Å². The maximum atomic E-state index is 9.19. The maximum absolute atomic E-state index is 9.19. The molecule has 1 saturated heterocycles. The molecule has 1 aliphatic rings. The Bertz CT molecular complexity index is 691. The molecule has 1 aromatic heterocycles. The predicted octanol–water partition coefficient (Wildman–Crippen LogP) is 2.89. The summed E-state index contributed by atoms with van der Waals surface area (Å²) in [5.74, 6) is 1.67. The summed E-state index contributed by atoms with van der Waals surface area (Å²) < 4.78 is 5.25. The lowest BCUT2D eigenvalue weighted by Crippen LogP contribution is -2.20. The Balaban J connectivity index is 1.69. The minimum Gasteiger partial charge on any atom is -0.339 e. The van der Waals surface area contributed by atoms with Crippen LogP contribution in [0.15, 0.2) is 22.7 Å². The summed E-state index contributed by atoms with van der Waals surface area (Å²) in [7, 11) is 0. The number of benzene rings is 1. The number of hydrogen-bond donors (Lipinski definition) is 0. The number of nitriles is 1. The number of halogens is 1. The Morgan fingerprint density at radius 2 is 2.38 bits per heavy atom. The summed E-state index contributed by atoms with van der Waals surface area (Å²) in [6, 6.07) is 7.67. The van der Waals surface area contributed by atoms with E-state index in [1.807, 2.05) is 19.1 Å². The van der Waals surface area contributed by atoms with Crippen molar-refractivity contribution in [2.24, 2.45) is 0 Å². The van der Waals surface area contributed by atoms with Crippen molar-refractivity contribution in [2.45, 2.75) is 25.8 Å². The molecule has 0 radical (unpaired) electrons. The molecule has 3 rings (SSSR count). The predicted molar refractivity (Wildman–Crippen MR) is 77.8 cm³/mol. The van der Waals surface area contributed by atoms with Gasteiger partial charge < -0.3 is 4.52 Å². The largest absolute Gasteiger partial charge is 0.339 e. The van der Waals surface area contributed by atoms with Crippen molar-refractivity contribution >= 4 is 11.6 Å². The van der Waals surface area contributed by atoms with Crippen molar-refractivity contribution in [3.05, 3.63) is 46.1 Å². The fraction of sp³-hybridized carbons (Fsp3) is 0.400. The van der Waals surface area contributed by atoms with Crippen molar-refractivity contribution in [1.29, 1.82) is 5.26 Å². The average Bonchev–Trinajstić information content (AvgIpc) is 3.09. The third-order valence-electron chi connectivity index (χ3n) is 3.75. The Labute approximate surface area is 128 Å². The normalized spacial score (nSPS) is 18.8. The van der Waals surface area contributed by atoms with Crippen LogP contribution in [-0.2, 0) is 6.54 Å². The van der Waals surface area contributed by atoms with Crippen LogP contribution in [0, 0.1) is 18.3 Å². The molecule has 0 bridgehead atoms. The molecule has 1 fully saturated rings. The highest BCUT2D eigenvalue weighted by atomic mass is 35.5. The van der Waals surface area contributed by atoms with E-state index in [1.165, 1.54) is 0 Å². The van der Waals surface area contributed by atoms with Crippen LogP contribution in [0.5, 0.6) is 0 Å². The van der Waals surface area contributed by atoms with Crippen molar-refractivity contribution in [3.8, 4) is 6.07 Å². The third-order valence-corrected chi connectivity index (χ3v) is 3.99. The zero-order chi connectivity index (χ0) is 14.8. The maximum Gasteiger partial charge on any atom is 0.231 e. The van der Waals surface area contributed by atoms with Crippen LogP contribution in [0.2, 0.25) is 5.02 Å². The average molecular weight is 303 g/mol. The van der Waals surface area contributed by atoms with Gasteiger partial charge in [0.15, 0.2) is 5.82 Å². The molecule has 1 aromatic carbocycles. The zero-order valence-corrected chi connectivity index (χ0v) is 12.5. The Morgan fingerprint density at radius 3 is 3.10 bits per heavy atom. The molecule has 0 spiro atoms. The van der Waals surface area contributed by atoms with E-state index in [9.17, 15) is 5.26 Å². The lowest BCUT2D eigenvalue weighted by atomic mass is 10.1. The molecule has 0 N–H and O–H groups in total. The number of nitrogens with zero attached hydrogens (tertiary/aromatic N) is 4. The Kier molecular flexibility index (Phi) is 3.91. The Morgan fingerprint density at radius 1 is 1.52 bits per heavy atom. The first-order valence-electron chi connectivity index (χ1n) is 6.87. The van der Waals surface area contributed by atoms with Crippen LogP contribution in [0.3, 0.4) is 0 Å². The molecule has 1 aliphatic heterocycles. The summed E-state index contributed by atoms with van der Waals surface area (Å²) in [4.78, 5) is 6.61. The summed E-state index contributed by atoms with van der Waals surface area (Å²) in [5, 5.41) is 13.6. The van der Waals surface area contributed by atoms with E-state index < -0.39 is 0 Å². The molecular weight excluding hydrogens is 288 g/mol. The third kappa shape index (κ3) is 3.07. The molecule has 21 heavy (non-hydrogen) atoms. The van der Waals surface area contributed by atoms with E-state index in [1.54, 1.807) is 6.07 Å². The minimum absolute atomic E-state index is 0.282. The van der Waals surface area contributed by atoms with Gasteiger partial charge in [-0.3, -0.25) is 4.90 Å². The quantitative estimate of drug-likeness (QED) is 0.872. The number of aryl methyl sites for hydroxylation is 1. The van der Waals surface area contributed by atoms with Gasteiger partial charge in [-0.15, -0.1) is 0 Å². The molecule has 2 aromatic rings. The molecule has 2 heterocycles. The highest BCUT2D eigenvalue weighted by Gasteiger charge is 2.28. The van der Waals surface area contributed by atoms with Crippen molar-refractivity contribution in [1.82, 2.24) is 15.0 Å². The van der Waals surface area contributed by atoms with Crippen molar-refractivity contribution in [2.75, 3.05) is 13.1 Å². The minimum atomic E-state index is 0.282.